The molecule has 1 N–H and O–H groups in total. The number of ether oxygens (including phenoxy) is 4. The molecule has 5 rings (SSSR count). The van der Waals surface area contributed by atoms with E-state index in [9.17, 15) is 9.59 Å². The summed E-state index contributed by atoms with van der Waals surface area (Å²) >= 11 is 0. The molecule has 0 unspecified atom stereocenters. The van der Waals surface area contributed by atoms with Gasteiger partial charge in [-0.2, -0.15) is 0 Å². The van der Waals surface area contributed by atoms with Crippen LogP contribution in [0.3, 0.4) is 0 Å². The largest absolute Gasteiger partial charge is 0.492 e. The van der Waals surface area contributed by atoms with Crippen molar-refractivity contribution in [2.45, 2.75) is 37.5 Å². The molecule has 4 heterocycles. The van der Waals surface area contributed by atoms with E-state index in [1.54, 1.807) is 6.07 Å². The minimum Gasteiger partial charge on any atom is -0.492 e. The standard InChI is InChI=1S/C22H28N2O6/c25-21(17-3-1-2-14-6-9-28-20(14)17)23-16-12-29-18-10-24(11-19(18)30-13-16)22(26)15-4-7-27-8-5-15/h1-3,15-16,18-19H,4-13H2,(H,23,25)/t18-,19-/m0/s1. The highest BCUT2D eigenvalue weighted by molar-refractivity contribution is 5.97. The molecule has 4 aliphatic rings. The monoisotopic (exact) mass is 416 g/mol. The number of benzene rings is 1. The fourth-order valence-electron chi connectivity index (χ4n) is 4.71. The van der Waals surface area contributed by atoms with Crippen molar-refractivity contribution >= 4 is 11.8 Å². The first kappa shape index (κ1) is 19.8. The summed E-state index contributed by atoms with van der Waals surface area (Å²) in [6, 6.07) is 5.43. The molecule has 0 aliphatic carbocycles. The molecule has 3 saturated heterocycles. The van der Waals surface area contributed by atoms with Crippen molar-refractivity contribution < 1.29 is 28.5 Å². The van der Waals surface area contributed by atoms with Crippen LogP contribution in [0, 0.1) is 5.92 Å². The molecule has 0 bridgehead atoms. The van der Waals surface area contributed by atoms with Gasteiger partial charge in [0.2, 0.25) is 5.91 Å². The molecular formula is C22H28N2O6. The highest BCUT2D eigenvalue weighted by Crippen LogP contribution is 2.30. The number of rotatable bonds is 3. The second kappa shape index (κ2) is 8.53. The first-order chi connectivity index (χ1) is 14.7. The van der Waals surface area contributed by atoms with Crippen LogP contribution in [-0.2, 0) is 25.4 Å². The quantitative estimate of drug-likeness (QED) is 0.784. The van der Waals surface area contributed by atoms with Gasteiger partial charge in [0.15, 0.2) is 0 Å². The SMILES string of the molecule is O=C(NC1CO[C@H]2CN(C(=O)C3CCOCC3)C[C@@H]2OC1)c1cccc2c1OCC2. The zero-order valence-corrected chi connectivity index (χ0v) is 17.0. The molecule has 1 aromatic rings. The molecule has 3 fully saturated rings. The van der Waals surface area contributed by atoms with Gasteiger partial charge in [-0.15, -0.1) is 0 Å². The third-order valence-corrected chi connectivity index (χ3v) is 6.41. The Morgan fingerprint density at radius 1 is 1.00 bits per heavy atom. The van der Waals surface area contributed by atoms with Crippen molar-refractivity contribution in [1.82, 2.24) is 10.2 Å². The third-order valence-electron chi connectivity index (χ3n) is 6.41. The number of hydrogen-bond donors (Lipinski definition) is 1. The molecule has 4 aliphatic heterocycles. The fraction of sp³-hybridized carbons (Fsp3) is 0.636. The highest BCUT2D eigenvalue weighted by atomic mass is 16.6. The second-order valence-electron chi connectivity index (χ2n) is 8.44. The summed E-state index contributed by atoms with van der Waals surface area (Å²) in [5.74, 6) is 0.739. The van der Waals surface area contributed by atoms with Crippen molar-refractivity contribution in [2.75, 3.05) is 46.1 Å². The molecule has 30 heavy (non-hydrogen) atoms. The lowest BCUT2D eigenvalue weighted by molar-refractivity contribution is -0.138. The maximum atomic E-state index is 12.8. The molecule has 8 nitrogen and oxygen atoms in total. The summed E-state index contributed by atoms with van der Waals surface area (Å²) in [6.45, 7) is 3.73. The Kier molecular flexibility index (Phi) is 5.62. The van der Waals surface area contributed by atoms with Crippen LogP contribution < -0.4 is 10.1 Å². The van der Waals surface area contributed by atoms with E-state index in [0.717, 1.165) is 24.8 Å². The van der Waals surface area contributed by atoms with Crippen LogP contribution in [0.1, 0.15) is 28.8 Å². The number of carbonyl (C=O) groups excluding carboxylic acids is 2. The molecule has 0 aromatic heterocycles. The first-order valence-corrected chi connectivity index (χ1v) is 10.8. The maximum Gasteiger partial charge on any atom is 0.255 e. The summed E-state index contributed by atoms with van der Waals surface area (Å²) in [7, 11) is 0. The van der Waals surface area contributed by atoms with Gasteiger partial charge in [-0.05, 0) is 24.5 Å². The van der Waals surface area contributed by atoms with Gasteiger partial charge in [0.05, 0.1) is 31.4 Å². The maximum absolute atomic E-state index is 12.8. The number of likely N-dealkylation sites (tertiary alicyclic amines) is 1. The molecule has 162 valence electrons. The molecule has 1 aromatic carbocycles. The number of amides is 2. The second-order valence-corrected chi connectivity index (χ2v) is 8.44. The topological polar surface area (TPSA) is 86.3 Å². The molecule has 2 atom stereocenters. The van der Waals surface area contributed by atoms with Crippen molar-refractivity contribution in [1.29, 1.82) is 0 Å². The fourth-order valence-corrected chi connectivity index (χ4v) is 4.71. The van der Waals surface area contributed by atoms with E-state index < -0.39 is 0 Å². The lowest BCUT2D eigenvalue weighted by atomic mass is 9.99. The molecular weight excluding hydrogens is 388 g/mol. The average Bonchev–Trinajstić information content (AvgIpc) is 3.38. The van der Waals surface area contributed by atoms with Crippen LogP contribution in [0.15, 0.2) is 18.2 Å². The van der Waals surface area contributed by atoms with E-state index in [0.29, 0.717) is 57.4 Å². The van der Waals surface area contributed by atoms with Gasteiger partial charge in [-0.3, -0.25) is 9.59 Å². The van der Waals surface area contributed by atoms with Crippen LogP contribution in [-0.4, -0.2) is 81.1 Å². The Morgan fingerprint density at radius 2 is 1.73 bits per heavy atom. The Labute approximate surface area is 175 Å². The van der Waals surface area contributed by atoms with E-state index in [2.05, 4.69) is 5.32 Å². The van der Waals surface area contributed by atoms with E-state index in [1.165, 1.54) is 0 Å². The van der Waals surface area contributed by atoms with Crippen LogP contribution in [0.5, 0.6) is 5.75 Å². The van der Waals surface area contributed by atoms with Crippen molar-refractivity contribution in [2.24, 2.45) is 5.92 Å². The van der Waals surface area contributed by atoms with E-state index in [-0.39, 0.29) is 36.0 Å². The van der Waals surface area contributed by atoms with Gasteiger partial charge in [0.1, 0.15) is 18.0 Å². The smallest absolute Gasteiger partial charge is 0.255 e. The van der Waals surface area contributed by atoms with Crippen molar-refractivity contribution in [3.8, 4) is 5.75 Å². The van der Waals surface area contributed by atoms with Gasteiger partial charge in [0.25, 0.3) is 5.91 Å². The summed E-state index contributed by atoms with van der Waals surface area (Å²) in [4.78, 5) is 27.4. The van der Waals surface area contributed by atoms with Crippen molar-refractivity contribution in [3.05, 3.63) is 29.3 Å². The number of nitrogens with zero attached hydrogens (tertiary/aromatic N) is 1. The molecule has 2 amide bonds. The molecule has 0 saturated carbocycles. The number of fused-ring (bicyclic) bond motifs is 2. The zero-order chi connectivity index (χ0) is 20.5. The number of carbonyl (C=O) groups is 2. The van der Waals surface area contributed by atoms with Gasteiger partial charge < -0.3 is 29.2 Å². The van der Waals surface area contributed by atoms with Crippen LogP contribution >= 0.6 is 0 Å². The average molecular weight is 416 g/mol. The van der Waals surface area contributed by atoms with Crippen LogP contribution in [0.2, 0.25) is 0 Å². The van der Waals surface area contributed by atoms with Crippen LogP contribution in [0.25, 0.3) is 0 Å². The van der Waals surface area contributed by atoms with Gasteiger partial charge in [-0.1, -0.05) is 12.1 Å². The summed E-state index contributed by atoms with van der Waals surface area (Å²) < 4.78 is 23.1. The van der Waals surface area contributed by atoms with Crippen molar-refractivity contribution in [3.63, 3.8) is 0 Å². The Balaban J connectivity index is 1.16. The number of para-hydroxylation sites is 1. The van der Waals surface area contributed by atoms with E-state index >= 15 is 0 Å². The summed E-state index contributed by atoms with van der Waals surface area (Å²) in [5.41, 5.74) is 1.63. The zero-order valence-electron chi connectivity index (χ0n) is 17.0. The van der Waals surface area contributed by atoms with Gasteiger partial charge >= 0.3 is 0 Å². The highest BCUT2D eigenvalue weighted by Gasteiger charge is 2.41. The molecule has 8 heteroatoms. The molecule has 0 spiro atoms. The minimum atomic E-state index is -0.236. The minimum absolute atomic E-state index is 0.0444. The predicted molar refractivity (Wildman–Crippen MR) is 106 cm³/mol. The van der Waals surface area contributed by atoms with E-state index in [4.69, 9.17) is 18.9 Å². The van der Waals surface area contributed by atoms with E-state index in [1.807, 2.05) is 17.0 Å². The normalized spacial score (nSPS) is 27.1. The number of hydrogen-bond acceptors (Lipinski definition) is 6. The van der Waals surface area contributed by atoms with Crippen LogP contribution in [0.4, 0.5) is 0 Å². The van der Waals surface area contributed by atoms with Gasteiger partial charge in [0, 0.05) is 38.6 Å². The van der Waals surface area contributed by atoms with Gasteiger partial charge in [-0.25, -0.2) is 0 Å². The Hall–Kier alpha value is -2.16. The first-order valence-electron chi connectivity index (χ1n) is 10.8. The lowest BCUT2D eigenvalue weighted by Crippen LogP contribution is -2.42. The Morgan fingerprint density at radius 3 is 2.47 bits per heavy atom. The number of nitrogens with one attached hydrogen (secondary N) is 1. The Bertz CT molecular complexity index is 793. The summed E-state index contributed by atoms with van der Waals surface area (Å²) in [5, 5.41) is 3.02. The summed E-state index contributed by atoms with van der Waals surface area (Å²) in [6.07, 6.45) is 2.10. The lowest BCUT2D eigenvalue weighted by Gasteiger charge is -2.26. The third kappa shape index (κ3) is 3.91. The predicted octanol–water partition coefficient (Wildman–Crippen LogP) is 0.773. The molecule has 0 radical (unpaired) electrons.